The van der Waals surface area contributed by atoms with Gasteiger partial charge in [-0.05, 0) is 83.5 Å². The quantitative estimate of drug-likeness (QED) is 0.0262. The molecule has 0 heterocycles. The van der Waals surface area contributed by atoms with Crippen LogP contribution < -0.4 is 0 Å². The molecular formula is C63H98O6. The zero-order chi connectivity index (χ0) is 50.0. The predicted octanol–water partition coefficient (Wildman–Crippen LogP) is 18.4. The third-order valence-corrected chi connectivity index (χ3v) is 11.1. The summed E-state index contributed by atoms with van der Waals surface area (Å²) in [5.41, 5.74) is 0. The molecule has 0 aromatic heterocycles. The van der Waals surface area contributed by atoms with Crippen LogP contribution in [0.5, 0.6) is 0 Å². The van der Waals surface area contributed by atoms with Gasteiger partial charge in [0.25, 0.3) is 0 Å². The van der Waals surface area contributed by atoms with Gasteiger partial charge >= 0.3 is 17.9 Å². The molecule has 0 spiro atoms. The molecule has 0 aliphatic heterocycles. The zero-order valence-corrected chi connectivity index (χ0v) is 44.0. The molecule has 6 nitrogen and oxygen atoms in total. The van der Waals surface area contributed by atoms with E-state index in [4.69, 9.17) is 14.2 Å². The molecule has 0 saturated carbocycles. The Bertz CT molecular complexity index is 1560. The van der Waals surface area contributed by atoms with Crippen molar-refractivity contribution in [1.82, 2.24) is 0 Å². The van der Waals surface area contributed by atoms with Crippen LogP contribution in [0.15, 0.2) is 146 Å². The molecule has 0 aliphatic carbocycles. The van der Waals surface area contributed by atoms with Gasteiger partial charge in [-0.15, -0.1) is 0 Å². The van der Waals surface area contributed by atoms with Crippen LogP contribution in [-0.2, 0) is 28.6 Å². The summed E-state index contributed by atoms with van der Waals surface area (Å²) in [5.74, 6) is -0.977. The van der Waals surface area contributed by atoms with E-state index in [-0.39, 0.29) is 37.5 Å². The molecule has 0 radical (unpaired) electrons. The predicted molar refractivity (Wildman–Crippen MR) is 297 cm³/mol. The minimum Gasteiger partial charge on any atom is -0.462 e. The van der Waals surface area contributed by atoms with Gasteiger partial charge in [-0.3, -0.25) is 14.4 Å². The first-order valence-corrected chi connectivity index (χ1v) is 27.5. The van der Waals surface area contributed by atoms with Crippen molar-refractivity contribution in [3.05, 3.63) is 146 Å². The molecule has 0 aliphatic rings. The lowest BCUT2D eigenvalue weighted by Crippen LogP contribution is -2.30. The molecule has 0 fully saturated rings. The third kappa shape index (κ3) is 54.1. The van der Waals surface area contributed by atoms with Crippen LogP contribution >= 0.6 is 0 Å². The number of ether oxygens (including phenoxy) is 3. The fourth-order valence-corrected chi connectivity index (χ4v) is 6.95. The minimum absolute atomic E-state index is 0.109. The summed E-state index contributed by atoms with van der Waals surface area (Å²) in [4.78, 5) is 38.1. The Balaban J connectivity index is 4.55. The van der Waals surface area contributed by atoms with Crippen molar-refractivity contribution >= 4 is 17.9 Å². The van der Waals surface area contributed by atoms with Gasteiger partial charge < -0.3 is 14.2 Å². The lowest BCUT2D eigenvalue weighted by Gasteiger charge is -2.18. The average molecular weight is 951 g/mol. The van der Waals surface area contributed by atoms with Crippen LogP contribution in [0.2, 0.25) is 0 Å². The minimum atomic E-state index is -0.814. The van der Waals surface area contributed by atoms with Crippen molar-refractivity contribution in [2.24, 2.45) is 0 Å². The molecule has 69 heavy (non-hydrogen) atoms. The van der Waals surface area contributed by atoms with Gasteiger partial charge in [0.05, 0.1) is 0 Å². The van der Waals surface area contributed by atoms with Gasteiger partial charge in [0.2, 0.25) is 0 Å². The molecule has 1 atom stereocenters. The number of allylic oxidation sites excluding steroid dienone is 24. The molecule has 0 aromatic rings. The van der Waals surface area contributed by atoms with Gasteiger partial charge in [-0.25, -0.2) is 0 Å². The maximum atomic E-state index is 12.8. The standard InChI is InChI=1S/C63H98O6/c1-4-7-10-13-16-19-22-25-28-30-32-35-38-41-44-47-50-53-56-62(65)68-59-60(58-67-61(64)55-52-49-46-43-40-37-34-27-24-21-18-15-12-9-6-3)69-63(66)57-54-51-48-45-42-39-36-33-31-29-26-23-20-17-14-11-8-5-2/h9-10,12-13,15-26,28-33,35-36,60H,4-8,11,14,27,34,37-59H2,1-3H3/b12-9-,13-10-,18-15-,19-16-,20-17-,24-21-,25-22-,26-23-,30-28-,31-29-,35-32-,36-33-. The number of esters is 3. The smallest absolute Gasteiger partial charge is 0.306 e. The molecule has 6 heteroatoms. The second kappa shape index (κ2) is 55.9. The summed E-state index contributed by atoms with van der Waals surface area (Å²) >= 11 is 0. The normalized spacial score (nSPS) is 13.3. The van der Waals surface area contributed by atoms with Crippen LogP contribution in [0.1, 0.15) is 213 Å². The Kier molecular flexibility index (Phi) is 52.1. The lowest BCUT2D eigenvalue weighted by molar-refractivity contribution is -0.167. The van der Waals surface area contributed by atoms with Crippen LogP contribution in [0.25, 0.3) is 0 Å². The summed E-state index contributed by atoms with van der Waals surface area (Å²) in [6, 6.07) is 0. The van der Waals surface area contributed by atoms with Crippen molar-refractivity contribution in [2.45, 2.75) is 219 Å². The highest BCUT2D eigenvalue weighted by molar-refractivity contribution is 5.71. The van der Waals surface area contributed by atoms with Gasteiger partial charge in [0, 0.05) is 19.3 Å². The number of rotatable bonds is 47. The highest BCUT2D eigenvalue weighted by Crippen LogP contribution is 2.13. The monoisotopic (exact) mass is 951 g/mol. The van der Waals surface area contributed by atoms with Crippen LogP contribution in [0.3, 0.4) is 0 Å². The van der Waals surface area contributed by atoms with E-state index in [1.165, 1.54) is 51.4 Å². The summed E-state index contributed by atoms with van der Waals surface area (Å²) in [5, 5.41) is 0. The Morgan fingerprint density at radius 2 is 0.594 bits per heavy atom. The summed E-state index contributed by atoms with van der Waals surface area (Å²) in [6.07, 6.45) is 79.6. The van der Waals surface area contributed by atoms with Crippen LogP contribution in [0, 0.1) is 0 Å². The number of hydrogen-bond donors (Lipinski definition) is 0. The molecule has 1 unspecified atom stereocenters. The molecule has 0 bridgehead atoms. The summed E-state index contributed by atoms with van der Waals surface area (Å²) < 4.78 is 16.8. The molecule has 0 saturated heterocycles. The van der Waals surface area contributed by atoms with E-state index in [0.29, 0.717) is 12.8 Å². The Labute approximate surface area is 423 Å². The zero-order valence-electron chi connectivity index (χ0n) is 44.0. The molecular weight excluding hydrogens is 853 g/mol. The van der Waals surface area contributed by atoms with E-state index in [1.54, 1.807) is 0 Å². The second-order valence-electron chi connectivity index (χ2n) is 17.7. The lowest BCUT2D eigenvalue weighted by atomic mass is 10.1. The molecule has 0 rings (SSSR count). The van der Waals surface area contributed by atoms with E-state index < -0.39 is 6.10 Å². The van der Waals surface area contributed by atoms with Crippen molar-refractivity contribution in [3.8, 4) is 0 Å². The van der Waals surface area contributed by atoms with Crippen LogP contribution in [0.4, 0.5) is 0 Å². The Morgan fingerprint density at radius 1 is 0.304 bits per heavy atom. The second-order valence-corrected chi connectivity index (χ2v) is 17.7. The summed E-state index contributed by atoms with van der Waals surface area (Å²) in [7, 11) is 0. The number of unbranched alkanes of at least 4 members (excludes halogenated alkanes) is 21. The Hall–Kier alpha value is -4.71. The van der Waals surface area contributed by atoms with Crippen molar-refractivity contribution in [2.75, 3.05) is 13.2 Å². The molecule has 0 N–H and O–H groups in total. The van der Waals surface area contributed by atoms with E-state index in [9.17, 15) is 14.4 Å². The maximum absolute atomic E-state index is 12.8. The van der Waals surface area contributed by atoms with Crippen molar-refractivity contribution in [3.63, 3.8) is 0 Å². The maximum Gasteiger partial charge on any atom is 0.306 e. The van der Waals surface area contributed by atoms with E-state index in [1.807, 2.05) is 36.5 Å². The van der Waals surface area contributed by atoms with E-state index in [0.717, 1.165) is 122 Å². The van der Waals surface area contributed by atoms with Crippen molar-refractivity contribution < 1.29 is 28.6 Å². The highest BCUT2D eigenvalue weighted by atomic mass is 16.6. The SMILES string of the molecule is CC\C=C/C=C\C=C/CCCCCCCCCC(=O)OCC(COC(=O)CCCCCCC\C=C/C=C\C=C/C=C\C=C/CCC)OC(=O)CCCCCCC\C=C/C=C\C=C/C=C\CCCCC. The number of carbonyl (C=O) groups is 3. The molecule has 0 aromatic carbocycles. The van der Waals surface area contributed by atoms with E-state index >= 15 is 0 Å². The fraction of sp³-hybridized carbons (Fsp3) is 0.571. The number of hydrogen-bond acceptors (Lipinski definition) is 6. The first-order valence-electron chi connectivity index (χ1n) is 27.5. The third-order valence-electron chi connectivity index (χ3n) is 11.1. The Morgan fingerprint density at radius 3 is 0.942 bits per heavy atom. The van der Waals surface area contributed by atoms with Crippen LogP contribution in [-0.4, -0.2) is 37.2 Å². The van der Waals surface area contributed by atoms with E-state index in [2.05, 4.69) is 130 Å². The molecule has 0 amide bonds. The van der Waals surface area contributed by atoms with Gasteiger partial charge in [0.1, 0.15) is 13.2 Å². The van der Waals surface area contributed by atoms with Gasteiger partial charge in [-0.2, -0.15) is 0 Å². The summed E-state index contributed by atoms with van der Waals surface area (Å²) in [6.45, 7) is 6.31. The number of carbonyl (C=O) groups excluding carboxylic acids is 3. The molecule has 386 valence electrons. The first kappa shape index (κ1) is 64.3. The van der Waals surface area contributed by atoms with Gasteiger partial charge in [0.15, 0.2) is 6.10 Å². The average Bonchev–Trinajstić information content (AvgIpc) is 3.35. The highest BCUT2D eigenvalue weighted by Gasteiger charge is 2.19. The fourth-order valence-electron chi connectivity index (χ4n) is 6.95. The first-order chi connectivity index (χ1) is 34.0. The van der Waals surface area contributed by atoms with Gasteiger partial charge in [-0.1, -0.05) is 256 Å². The topological polar surface area (TPSA) is 78.9 Å². The largest absolute Gasteiger partial charge is 0.462 e. The van der Waals surface area contributed by atoms with Crippen molar-refractivity contribution in [1.29, 1.82) is 0 Å².